The summed E-state index contributed by atoms with van der Waals surface area (Å²) < 4.78 is 10.9. The first-order valence-electron chi connectivity index (χ1n) is 5.01. The standard InChI is InChI=1S/C11H16ClNO2/c1-3-14-8-9(2)15-11-7-13-5-4-10(11)6-12/h4-5,7,9H,3,6,8H2,1-2H3. The van der Waals surface area contributed by atoms with Crippen LogP contribution in [-0.4, -0.2) is 24.3 Å². The Morgan fingerprint density at radius 1 is 1.53 bits per heavy atom. The molecule has 0 aliphatic rings. The van der Waals surface area contributed by atoms with Gasteiger partial charge in [0, 0.05) is 18.4 Å². The molecule has 0 aromatic carbocycles. The van der Waals surface area contributed by atoms with Crippen molar-refractivity contribution < 1.29 is 9.47 Å². The summed E-state index contributed by atoms with van der Waals surface area (Å²) in [7, 11) is 0. The molecule has 1 rings (SSSR count). The first kappa shape index (κ1) is 12.3. The Morgan fingerprint density at radius 3 is 3.00 bits per heavy atom. The van der Waals surface area contributed by atoms with E-state index in [9.17, 15) is 0 Å². The zero-order chi connectivity index (χ0) is 11.1. The highest BCUT2D eigenvalue weighted by Crippen LogP contribution is 2.19. The lowest BCUT2D eigenvalue weighted by molar-refractivity contribution is 0.0651. The van der Waals surface area contributed by atoms with E-state index in [4.69, 9.17) is 21.1 Å². The Labute approximate surface area is 95.4 Å². The van der Waals surface area contributed by atoms with Crippen molar-refractivity contribution in [3.8, 4) is 5.75 Å². The highest BCUT2D eigenvalue weighted by atomic mass is 35.5. The maximum Gasteiger partial charge on any atom is 0.142 e. The van der Waals surface area contributed by atoms with Crippen LogP contribution in [0.25, 0.3) is 0 Å². The number of halogens is 1. The van der Waals surface area contributed by atoms with Crippen LogP contribution in [0.3, 0.4) is 0 Å². The van der Waals surface area contributed by atoms with Gasteiger partial charge in [-0.15, -0.1) is 11.6 Å². The van der Waals surface area contributed by atoms with Crippen molar-refractivity contribution in [1.82, 2.24) is 4.98 Å². The van der Waals surface area contributed by atoms with Crippen LogP contribution in [0.4, 0.5) is 0 Å². The quantitative estimate of drug-likeness (QED) is 0.703. The van der Waals surface area contributed by atoms with Crippen molar-refractivity contribution in [3.05, 3.63) is 24.0 Å². The zero-order valence-corrected chi connectivity index (χ0v) is 9.83. The minimum atomic E-state index is 0.0103. The van der Waals surface area contributed by atoms with Gasteiger partial charge in [-0.05, 0) is 19.9 Å². The van der Waals surface area contributed by atoms with Gasteiger partial charge in [-0.2, -0.15) is 0 Å². The van der Waals surface area contributed by atoms with Crippen LogP contribution in [0, 0.1) is 0 Å². The molecule has 1 aromatic heterocycles. The molecule has 1 unspecified atom stereocenters. The molecule has 0 amide bonds. The number of ether oxygens (including phenoxy) is 2. The maximum absolute atomic E-state index is 5.78. The Bertz CT molecular complexity index is 294. The van der Waals surface area contributed by atoms with Gasteiger partial charge in [0.15, 0.2) is 0 Å². The van der Waals surface area contributed by atoms with Gasteiger partial charge >= 0.3 is 0 Å². The molecule has 1 atom stereocenters. The van der Waals surface area contributed by atoms with Gasteiger partial charge < -0.3 is 9.47 Å². The molecule has 84 valence electrons. The van der Waals surface area contributed by atoms with Gasteiger partial charge in [-0.1, -0.05) is 0 Å². The third-order valence-corrected chi connectivity index (χ3v) is 2.19. The average Bonchev–Trinajstić information content (AvgIpc) is 2.27. The fraction of sp³-hybridized carbons (Fsp3) is 0.545. The molecule has 0 spiro atoms. The highest BCUT2D eigenvalue weighted by Gasteiger charge is 2.07. The highest BCUT2D eigenvalue weighted by molar-refractivity contribution is 6.17. The number of nitrogens with zero attached hydrogens (tertiary/aromatic N) is 1. The molecule has 15 heavy (non-hydrogen) atoms. The number of hydrogen-bond acceptors (Lipinski definition) is 3. The lowest BCUT2D eigenvalue weighted by atomic mass is 10.3. The molecule has 0 aliphatic heterocycles. The molecule has 0 aliphatic carbocycles. The molecular formula is C11H16ClNO2. The molecule has 0 saturated heterocycles. The van der Waals surface area contributed by atoms with Crippen molar-refractivity contribution in [2.45, 2.75) is 25.8 Å². The van der Waals surface area contributed by atoms with E-state index in [1.165, 1.54) is 0 Å². The smallest absolute Gasteiger partial charge is 0.142 e. The van der Waals surface area contributed by atoms with Crippen molar-refractivity contribution >= 4 is 11.6 Å². The van der Waals surface area contributed by atoms with E-state index < -0.39 is 0 Å². The summed E-state index contributed by atoms with van der Waals surface area (Å²) >= 11 is 5.78. The summed E-state index contributed by atoms with van der Waals surface area (Å²) in [6.07, 6.45) is 3.40. The summed E-state index contributed by atoms with van der Waals surface area (Å²) in [6, 6.07) is 1.86. The zero-order valence-electron chi connectivity index (χ0n) is 9.07. The van der Waals surface area contributed by atoms with Crippen molar-refractivity contribution in [1.29, 1.82) is 0 Å². The van der Waals surface area contributed by atoms with E-state index in [0.29, 0.717) is 19.1 Å². The van der Waals surface area contributed by atoms with Crippen LogP contribution in [0.5, 0.6) is 5.75 Å². The Morgan fingerprint density at radius 2 is 2.33 bits per heavy atom. The van der Waals surface area contributed by atoms with Crippen molar-refractivity contribution in [2.24, 2.45) is 0 Å². The number of alkyl halides is 1. The minimum Gasteiger partial charge on any atom is -0.486 e. The second kappa shape index (κ2) is 6.64. The Hall–Kier alpha value is -0.800. The molecule has 1 aromatic rings. The lowest BCUT2D eigenvalue weighted by Gasteiger charge is -2.15. The van der Waals surface area contributed by atoms with Crippen LogP contribution < -0.4 is 4.74 Å². The summed E-state index contributed by atoms with van der Waals surface area (Å²) in [5, 5.41) is 0. The number of pyridine rings is 1. The molecule has 1 heterocycles. The fourth-order valence-electron chi connectivity index (χ4n) is 1.16. The number of hydrogen-bond donors (Lipinski definition) is 0. The van der Waals surface area contributed by atoms with Crippen LogP contribution in [-0.2, 0) is 10.6 Å². The van der Waals surface area contributed by atoms with Gasteiger partial charge in [0.1, 0.15) is 11.9 Å². The Kier molecular flexibility index (Phi) is 5.43. The fourth-order valence-corrected chi connectivity index (χ4v) is 1.38. The third-order valence-electron chi connectivity index (χ3n) is 1.90. The maximum atomic E-state index is 5.78. The summed E-state index contributed by atoms with van der Waals surface area (Å²) in [5.74, 6) is 1.17. The SMILES string of the molecule is CCOCC(C)Oc1cnccc1CCl. The lowest BCUT2D eigenvalue weighted by Crippen LogP contribution is -2.19. The van der Waals surface area contributed by atoms with Crippen LogP contribution in [0.15, 0.2) is 18.5 Å². The molecule has 0 saturated carbocycles. The average molecular weight is 230 g/mol. The van der Waals surface area contributed by atoms with E-state index in [-0.39, 0.29) is 6.10 Å². The third kappa shape index (κ3) is 4.06. The molecular weight excluding hydrogens is 214 g/mol. The topological polar surface area (TPSA) is 31.4 Å². The normalized spacial score (nSPS) is 12.5. The molecule has 0 radical (unpaired) electrons. The second-order valence-electron chi connectivity index (χ2n) is 3.20. The summed E-state index contributed by atoms with van der Waals surface area (Å²) in [4.78, 5) is 4.00. The van der Waals surface area contributed by atoms with Gasteiger partial charge in [0.25, 0.3) is 0 Å². The van der Waals surface area contributed by atoms with E-state index in [2.05, 4.69) is 4.98 Å². The van der Waals surface area contributed by atoms with Crippen LogP contribution >= 0.6 is 11.6 Å². The first-order chi connectivity index (χ1) is 7.27. The van der Waals surface area contributed by atoms with Crippen LogP contribution in [0.1, 0.15) is 19.4 Å². The van der Waals surface area contributed by atoms with Crippen LogP contribution in [0.2, 0.25) is 0 Å². The number of rotatable bonds is 6. The molecule has 0 fully saturated rings. The van der Waals surface area contributed by atoms with E-state index in [1.807, 2.05) is 19.9 Å². The van der Waals surface area contributed by atoms with E-state index in [0.717, 1.165) is 11.3 Å². The number of aromatic nitrogens is 1. The summed E-state index contributed by atoms with van der Waals surface area (Å²) in [5.41, 5.74) is 0.954. The minimum absolute atomic E-state index is 0.0103. The van der Waals surface area contributed by atoms with E-state index in [1.54, 1.807) is 12.4 Å². The molecule has 3 nitrogen and oxygen atoms in total. The van der Waals surface area contributed by atoms with Gasteiger partial charge in [-0.25, -0.2) is 0 Å². The van der Waals surface area contributed by atoms with Gasteiger partial charge in [0.2, 0.25) is 0 Å². The molecule has 4 heteroatoms. The summed E-state index contributed by atoms with van der Waals surface area (Å²) in [6.45, 7) is 5.19. The predicted molar refractivity (Wildman–Crippen MR) is 60.4 cm³/mol. The van der Waals surface area contributed by atoms with E-state index >= 15 is 0 Å². The van der Waals surface area contributed by atoms with Gasteiger partial charge in [0.05, 0.1) is 18.7 Å². The largest absolute Gasteiger partial charge is 0.486 e. The first-order valence-corrected chi connectivity index (χ1v) is 5.54. The predicted octanol–water partition coefficient (Wildman–Crippen LogP) is 2.62. The molecule has 0 bridgehead atoms. The van der Waals surface area contributed by atoms with Crippen molar-refractivity contribution in [3.63, 3.8) is 0 Å². The monoisotopic (exact) mass is 229 g/mol. The molecule has 0 N–H and O–H groups in total. The second-order valence-corrected chi connectivity index (χ2v) is 3.47. The van der Waals surface area contributed by atoms with Crippen molar-refractivity contribution in [2.75, 3.05) is 13.2 Å². The Balaban J connectivity index is 2.55. The van der Waals surface area contributed by atoms with Gasteiger partial charge in [-0.3, -0.25) is 4.98 Å².